The molecule has 0 heterocycles. The first-order valence-electron chi connectivity index (χ1n) is 7.86. The quantitative estimate of drug-likeness (QED) is 0.472. The number of hydrazone groups is 1. The van der Waals surface area contributed by atoms with Gasteiger partial charge < -0.3 is 10.2 Å². The van der Waals surface area contributed by atoms with E-state index in [2.05, 4.69) is 15.8 Å². The van der Waals surface area contributed by atoms with Gasteiger partial charge in [-0.1, -0.05) is 17.7 Å². The van der Waals surface area contributed by atoms with Gasteiger partial charge in [-0.25, -0.2) is 5.43 Å². The first-order chi connectivity index (χ1) is 11.4. The number of aryl methyl sites for hydroxylation is 1. The minimum absolute atomic E-state index is 0.0214. The van der Waals surface area contributed by atoms with E-state index in [1.54, 1.807) is 20.8 Å². The molecule has 0 aliphatic heterocycles. The summed E-state index contributed by atoms with van der Waals surface area (Å²) in [7, 11) is 0. The molecule has 130 valence electrons. The van der Waals surface area contributed by atoms with Crippen LogP contribution in [0.3, 0.4) is 0 Å². The second kappa shape index (κ2) is 9.44. The summed E-state index contributed by atoms with van der Waals surface area (Å²) >= 11 is 0. The number of hydrogen-bond donors (Lipinski definition) is 2. The molecule has 3 amide bonds. The maximum absolute atomic E-state index is 11.9. The van der Waals surface area contributed by atoms with Crippen molar-refractivity contribution in [2.75, 3.05) is 18.4 Å². The highest BCUT2D eigenvalue weighted by Crippen LogP contribution is 2.08. The number of amides is 3. The number of anilines is 1. The summed E-state index contributed by atoms with van der Waals surface area (Å²) in [6.45, 7) is 8.05. The molecule has 0 radical (unpaired) electrons. The van der Waals surface area contributed by atoms with Crippen LogP contribution in [0.25, 0.3) is 0 Å². The van der Waals surface area contributed by atoms with Crippen molar-refractivity contribution >= 4 is 29.1 Å². The Kier molecular flexibility index (Phi) is 7.61. The molecule has 0 atom stereocenters. The van der Waals surface area contributed by atoms with E-state index in [1.165, 1.54) is 4.90 Å². The topological polar surface area (TPSA) is 90.9 Å². The van der Waals surface area contributed by atoms with E-state index in [0.29, 0.717) is 24.5 Å². The highest BCUT2D eigenvalue weighted by molar-refractivity contribution is 6.35. The lowest BCUT2D eigenvalue weighted by Gasteiger charge is -2.16. The van der Waals surface area contributed by atoms with Crippen molar-refractivity contribution in [2.24, 2.45) is 5.10 Å². The molecule has 0 fully saturated rings. The Bertz CT molecular complexity index is 619. The smallest absolute Gasteiger partial charge is 0.329 e. The number of hydrogen-bond acceptors (Lipinski definition) is 4. The van der Waals surface area contributed by atoms with Crippen molar-refractivity contribution in [3.8, 4) is 0 Å². The van der Waals surface area contributed by atoms with E-state index in [1.807, 2.05) is 31.2 Å². The zero-order valence-electron chi connectivity index (χ0n) is 14.5. The largest absolute Gasteiger partial charge is 0.335 e. The molecular weight excluding hydrogens is 308 g/mol. The maximum Gasteiger partial charge on any atom is 0.329 e. The van der Waals surface area contributed by atoms with E-state index in [4.69, 9.17) is 0 Å². The molecule has 7 nitrogen and oxygen atoms in total. The van der Waals surface area contributed by atoms with Crippen LogP contribution in [0.1, 0.15) is 32.8 Å². The van der Waals surface area contributed by atoms with Gasteiger partial charge in [0.1, 0.15) is 0 Å². The van der Waals surface area contributed by atoms with Gasteiger partial charge in [0.25, 0.3) is 0 Å². The summed E-state index contributed by atoms with van der Waals surface area (Å²) in [4.78, 5) is 36.8. The third kappa shape index (κ3) is 6.20. The van der Waals surface area contributed by atoms with Gasteiger partial charge in [0, 0.05) is 24.5 Å². The predicted octanol–water partition coefficient (Wildman–Crippen LogP) is 1.68. The fourth-order valence-electron chi connectivity index (χ4n) is 1.96. The first kappa shape index (κ1) is 19.3. The molecule has 0 aliphatic rings. The Morgan fingerprint density at radius 2 is 1.67 bits per heavy atom. The van der Waals surface area contributed by atoms with E-state index in [0.717, 1.165) is 5.56 Å². The van der Waals surface area contributed by atoms with Crippen LogP contribution in [0.2, 0.25) is 0 Å². The molecule has 0 aromatic heterocycles. The Labute approximate surface area is 142 Å². The number of carbonyl (C=O) groups is 3. The Balaban J connectivity index is 2.51. The average Bonchev–Trinajstić information content (AvgIpc) is 2.55. The number of nitrogens with zero attached hydrogens (tertiary/aromatic N) is 2. The van der Waals surface area contributed by atoms with E-state index >= 15 is 0 Å². The normalized spacial score (nSPS) is 10.9. The van der Waals surface area contributed by atoms with Crippen molar-refractivity contribution < 1.29 is 14.4 Å². The molecule has 0 aliphatic carbocycles. The first-order valence-corrected chi connectivity index (χ1v) is 7.86. The zero-order chi connectivity index (χ0) is 18.1. The van der Waals surface area contributed by atoms with Gasteiger partial charge in [-0.3, -0.25) is 14.4 Å². The summed E-state index contributed by atoms with van der Waals surface area (Å²) in [5.74, 6) is -1.69. The van der Waals surface area contributed by atoms with Crippen LogP contribution in [0.15, 0.2) is 29.4 Å². The van der Waals surface area contributed by atoms with E-state index < -0.39 is 11.8 Å². The lowest BCUT2D eigenvalue weighted by molar-refractivity contribution is -0.145. The van der Waals surface area contributed by atoms with Gasteiger partial charge in [-0.05, 0) is 39.8 Å². The Morgan fingerprint density at radius 1 is 1.08 bits per heavy atom. The van der Waals surface area contributed by atoms with Crippen molar-refractivity contribution in [3.63, 3.8) is 0 Å². The van der Waals surface area contributed by atoms with Crippen molar-refractivity contribution in [3.05, 3.63) is 29.8 Å². The summed E-state index contributed by atoms with van der Waals surface area (Å²) < 4.78 is 0. The third-order valence-corrected chi connectivity index (χ3v) is 3.34. The standard InChI is InChI=1S/C17H24N4O3/c1-5-21(6-2)17(24)16(23)20-19-13(4)11-15(22)18-14-9-7-12(3)8-10-14/h7-10H,5-6,11H2,1-4H3,(H,18,22)(H,20,23)/b19-13-. The molecule has 1 rings (SSSR count). The van der Waals surface area contributed by atoms with Crippen molar-refractivity contribution in [1.82, 2.24) is 10.3 Å². The number of carbonyl (C=O) groups excluding carboxylic acids is 3. The molecule has 0 spiro atoms. The average molecular weight is 332 g/mol. The van der Waals surface area contributed by atoms with Gasteiger partial charge in [0.05, 0.1) is 6.42 Å². The molecule has 1 aromatic carbocycles. The molecule has 2 N–H and O–H groups in total. The molecule has 1 aromatic rings. The molecular formula is C17H24N4O3. The van der Waals surface area contributed by atoms with Gasteiger partial charge in [0.2, 0.25) is 5.91 Å². The molecule has 0 bridgehead atoms. The fourth-order valence-corrected chi connectivity index (χ4v) is 1.96. The summed E-state index contributed by atoms with van der Waals surface area (Å²) in [5, 5.41) is 6.54. The summed E-state index contributed by atoms with van der Waals surface area (Å²) in [6, 6.07) is 7.42. The third-order valence-electron chi connectivity index (χ3n) is 3.34. The maximum atomic E-state index is 11.9. The number of benzene rings is 1. The lowest BCUT2D eigenvalue weighted by Crippen LogP contribution is -2.41. The second-order valence-corrected chi connectivity index (χ2v) is 5.36. The van der Waals surface area contributed by atoms with E-state index in [9.17, 15) is 14.4 Å². The minimum atomic E-state index is -0.808. The van der Waals surface area contributed by atoms with E-state index in [-0.39, 0.29) is 12.3 Å². The minimum Gasteiger partial charge on any atom is -0.335 e. The number of rotatable bonds is 6. The van der Waals surface area contributed by atoms with Gasteiger partial charge in [-0.15, -0.1) is 0 Å². The summed E-state index contributed by atoms with van der Waals surface area (Å²) in [6.07, 6.45) is 0.0214. The predicted molar refractivity (Wildman–Crippen MR) is 93.6 cm³/mol. The molecule has 0 unspecified atom stereocenters. The van der Waals surface area contributed by atoms with Crippen LogP contribution in [-0.4, -0.2) is 41.4 Å². The monoisotopic (exact) mass is 332 g/mol. The second-order valence-electron chi connectivity index (χ2n) is 5.36. The van der Waals surface area contributed by atoms with Crippen molar-refractivity contribution in [2.45, 2.75) is 34.1 Å². The molecule has 0 saturated carbocycles. The van der Waals surface area contributed by atoms with Crippen LogP contribution >= 0.6 is 0 Å². The fraction of sp³-hybridized carbons (Fsp3) is 0.412. The molecule has 7 heteroatoms. The molecule has 0 saturated heterocycles. The molecule has 24 heavy (non-hydrogen) atoms. The van der Waals surface area contributed by atoms with Gasteiger partial charge in [-0.2, -0.15) is 5.10 Å². The lowest BCUT2D eigenvalue weighted by atomic mass is 10.2. The zero-order valence-corrected chi connectivity index (χ0v) is 14.5. The van der Waals surface area contributed by atoms with Gasteiger partial charge >= 0.3 is 11.8 Å². The van der Waals surface area contributed by atoms with Crippen LogP contribution < -0.4 is 10.7 Å². The van der Waals surface area contributed by atoms with Crippen LogP contribution in [0, 0.1) is 6.92 Å². The Morgan fingerprint density at radius 3 is 2.21 bits per heavy atom. The number of nitrogens with one attached hydrogen (secondary N) is 2. The van der Waals surface area contributed by atoms with Crippen molar-refractivity contribution in [1.29, 1.82) is 0 Å². The van der Waals surface area contributed by atoms with Crippen LogP contribution in [-0.2, 0) is 14.4 Å². The highest BCUT2D eigenvalue weighted by Gasteiger charge is 2.18. The van der Waals surface area contributed by atoms with Gasteiger partial charge in [0.15, 0.2) is 0 Å². The Hall–Kier alpha value is -2.70. The van der Waals surface area contributed by atoms with Crippen LogP contribution in [0.4, 0.5) is 5.69 Å². The highest BCUT2D eigenvalue weighted by atomic mass is 16.2. The SMILES string of the molecule is CCN(CC)C(=O)C(=O)N/N=C(/C)CC(=O)Nc1ccc(C)cc1. The number of likely N-dealkylation sites (N-methyl/N-ethyl adjacent to an activating group) is 1. The van der Waals surface area contributed by atoms with Crippen LogP contribution in [0.5, 0.6) is 0 Å². The summed E-state index contributed by atoms with van der Waals surface area (Å²) in [5.41, 5.74) is 4.39.